The Morgan fingerprint density at radius 2 is 2.00 bits per heavy atom. The van der Waals surface area contributed by atoms with Crippen molar-refractivity contribution in [2.45, 2.75) is 38.1 Å². The van der Waals surface area contributed by atoms with E-state index in [4.69, 9.17) is 11.6 Å². The minimum Gasteiger partial charge on any atom is -0.368 e. The van der Waals surface area contributed by atoms with Crippen molar-refractivity contribution in [2.75, 3.05) is 11.9 Å². The van der Waals surface area contributed by atoms with Crippen molar-refractivity contribution in [3.05, 3.63) is 28.8 Å². The number of nitrogens with zero attached hydrogens (tertiary/aromatic N) is 1. The summed E-state index contributed by atoms with van der Waals surface area (Å²) in [5, 5.41) is 1.66. The topological polar surface area (TPSA) is 3.24 Å². The van der Waals surface area contributed by atoms with Crippen LogP contribution in [-0.4, -0.2) is 12.6 Å². The first-order valence-corrected chi connectivity index (χ1v) is 7.00. The Bertz CT molecular complexity index is 363. The molecule has 1 aromatic rings. The minimum atomic E-state index is 0.125. The summed E-state index contributed by atoms with van der Waals surface area (Å²) >= 11 is 9.74. The molecule has 0 unspecified atom stereocenters. The highest BCUT2D eigenvalue weighted by atomic mass is 79.9. The Labute approximate surface area is 112 Å². The van der Waals surface area contributed by atoms with Gasteiger partial charge in [0, 0.05) is 17.9 Å². The van der Waals surface area contributed by atoms with Gasteiger partial charge in [-0.3, -0.25) is 0 Å². The fourth-order valence-electron chi connectivity index (χ4n) is 1.47. The minimum absolute atomic E-state index is 0.125. The lowest BCUT2D eigenvalue weighted by Gasteiger charge is -2.37. The van der Waals surface area contributed by atoms with Crippen LogP contribution in [0.2, 0.25) is 5.02 Å². The van der Waals surface area contributed by atoms with Crippen molar-refractivity contribution in [3.63, 3.8) is 0 Å². The molecule has 0 atom stereocenters. The van der Waals surface area contributed by atoms with Gasteiger partial charge in [-0.05, 0) is 38.0 Å². The van der Waals surface area contributed by atoms with E-state index in [1.165, 1.54) is 5.56 Å². The summed E-state index contributed by atoms with van der Waals surface area (Å²) in [6.45, 7) is 6.64. The number of hydrogen-bond donors (Lipinski definition) is 0. The summed E-state index contributed by atoms with van der Waals surface area (Å²) in [5.74, 6) is 0. The van der Waals surface area contributed by atoms with Crippen LogP contribution < -0.4 is 4.90 Å². The summed E-state index contributed by atoms with van der Waals surface area (Å²) in [4.78, 5) is 2.24. The van der Waals surface area contributed by atoms with E-state index in [9.17, 15) is 0 Å². The zero-order valence-electron chi connectivity index (χ0n) is 10.3. The molecule has 3 heteroatoms. The largest absolute Gasteiger partial charge is 0.368 e. The van der Waals surface area contributed by atoms with Gasteiger partial charge in [0.05, 0.1) is 10.7 Å². The van der Waals surface area contributed by atoms with Crippen molar-refractivity contribution in [2.24, 2.45) is 0 Å². The monoisotopic (exact) mass is 303 g/mol. The lowest BCUT2D eigenvalue weighted by molar-refractivity contribution is 0.471. The van der Waals surface area contributed by atoms with Gasteiger partial charge in [0.1, 0.15) is 0 Å². The summed E-state index contributed by atoms with van der Waals surface area (Å²) in [6, 6.07) is 6.22. The second kappa shape index (κ2) is 5.42. The Kier molecular flexibility index (Phi) is 4.69. The van der Waals surface area contributed by atoms with Crippen molar-refractivity contribution in [3.8, 4) is 0 Å². The van der Waals surface area contributed by atoms with Crippen LogP contribution in [0.15, 0.2) is 18.2 Å². The predicted octanol–water partition coefficient (Wildman–Crippen LogP) is 4.86. The number of alkyl halides is 1. The summed E-state index contributed by atoms with van der Waals surface area (Å²) in [6.07, 6.45) is 1.08. The molecule has 0 aliphatic heterocycles. The molecule has 0 radical (unpaired) electrons. The molecule has 0 amide bonds. The highest BCUT2D eigenvalue weighted by Crippen LogP contribution is 2.32. The van der Waals surface area contributed by atoms with E-state index in [0.29, 0.717) is 0 Å². The summed E-state index contributed by atoms with van der Waals surface area (Å²) < 4.78 is 0. The Balaban J connectivity index is 3.05. The van der Waals surface area contributed by atoms with Gasteiger partial charge in [-0.1, -0.05) is 40.5 Å². The number of rotatable bonds is 4. The van der Waals surface area contributed by atoms with Crippen LogP contribution >= 0.6 is 27.5 Å². The van der Waals surface area contributed by atoms with E-state index >= 15 is 0 Å². The molecule has 1 aromatic carbocycles. The molecule has 0 fully saturated rings. The molecule has 0 heterocycles. The molecule has 1 rings (SSSR count). The van der Waals surface area contributed by atoms with Crippen molar-refractivity contribution >= 4 is 33.2 Å². The van der Waals surface area contributed by atoms with Gasteiger partial charge >= 0.3 is 0 Å². The Hall–Kier alpha value is -0.210. The number of benzene rings is 1. The van der Waals surface area contributed by atoms with E-state index < -0.39 is 0 Å². The van der Waals surface area contributed by atoms with Gasteiger partial charge in [-0.2, -0.15) is 0 Å². The summed E-state index contributed by atoms with van der Waals surface area (Å²) in [5.41, 5.74) is 2.43. The highest BCUT2D eigenvalue weighted by molar-refractivity contribution is 9.08. The smallest absolute Gasteiger partial charge is 0.0642 e. The van der Waals surface area contributed by atoms with Gasteiger partial charge in [0.25, 0.3) is 0 Å². The molecule has 0 aliphatic rings. The molecule has 0 spiro atoms. The predicted molar refractivity (Wildman–Crippen MR) is 76.9 cm³/mol. The second-order valence-electron chi connectivity index (χ2n) is 4.64. The van der Waals surface area contributed by atoms with Crippen LogP contribution in [0.3, 0.4) is 0 Å². The molecule has 0 aromatic heterocycles. The highest BCUT2D eigenvalue weighted by Gasteiger charge is 2.22. The molecule has 0 saturated carbocycles. The molecule has 0 N–H and O–H groups in total. The quantitative estimate of drug-likeness (QED) is 0.718. The molecular formula is C13H19BrClN. The third kappa shape index (κ3) is 2.92. The van der Waals surface area contributed by atoms with Gasteiger partial charge < -0.3 is 4.90 Å². The average Bonchev–Trinajstić information content (AvgIpc) is 2.28. The van der Waals surface area contributed by atoms with E-state index in [1.807, 2.05) is 6.07 Å². The van der Waals surface area contributed by atoms with E-state index in [0.717, 1.165) is 22.5 Å². The van der Waals surface area contributed by atoms with Crippen LogP contribution in [-0.2, 0) is 5.33 Å². The number of anilines is 1. The van der Waals surface area contributed by atoms with Crippen LogP contribution in [0.4, 0.5) is 5.69 Å². The normalized spacial score (nSPS) is 11.6. The van der Waals surface area contributed by atoms with E-state index in [2.05, 4.69) is 60.8 Å². The average molecular weight is 305 g/mol. The van der Waals surface area contributed by atoms with Crippen molar-refractivity contribution < 1.29 is 0 Å². The van der Waals surface area contributed by atoms with Crippen LogP contribution in [0.25, 0.3) is 0 Å². The fraction of sp³-hybridized carbons (Fsp3) is 0.538. The zero-order valence-corrected chi connectivity index (χ0v) is 12.7. The molecule has 90 valence electrons. The zero-order chi connectivity index (χ0) is 12.3. The molecule has 0 bridgehead atoms. The maximum atomic E-state index is 6.30. The Morgan fingerprint density at radius 1 is 1.38 bits per heavy atom. The lowest BCUT2D eigenvalue weighted by atomic mass is 9.99. The van der Waals surface area contributed by atoms with Gasteiger partial charge in [0.15, 0.2) is 0 Å². The first kappa shape index (κ1) is 13.9. The van der Waals surface area contributed by atoms with Gasteiger partial charge in [0.2, 0.25) is 0 Å². The maximum absolute atomic E-state index is 6.30. The number of hydrogen-bond acceptors (Lipinski definition) is 1. The molecule has 1 nitrogen and oxygen atoms in total. The maximum Gasteiger partial charge on any atom is 0.0642 e. The molecule has 0 saturated heterocycles. The van der Waals surface area contributed by atoms with Gasteiger partial charge in [-0.25, -0.2) is 0 Å². The first-order valence-electron chi connectivity index (χ1n) is 5.50. The third-order valence-electron chi connectivity index (χ3n) is 3.30. The molecule has 16 heavy (non-hydrogen) atoms. The van der Waals surface area contributed by atoms with Crippen LogP contribution in [0, 0.1) is 0 Å². The van der Waals surface area contributed by atoms with Crippen LogP contribution in [0.1, 0.15) is 32.8 Å². The Morgan fingerprint density at radius 3 is 2.44 bits per heavy atom. The van der Waals surface area contributed by atoms with E-state index in [1.54, 1.807) is 0 Å². The standard InChI is InChI=1S/C13H19BrClN/c1-5-13(2,3)16(4)12-7-6-10(9-14)8-11(12)15/h6-8H,5,9H2,1-4H3. The summed E-state index contributed by atoms with van der Waals surface area (Å²) in [7, 11) is 2.10. The number of halogens is 2. The van der Waals surface area contributed by atoms with Crippen LogP contribution in [0.5, 0.6) is 0 Å². The van der Waals surface area contributed by atoms with Crippen molar-refractivity contribution in [1.29, 1.82) is 0 Å². The second-order valence-corrected chi connectivity index (χ2v) is 5.61. The first-order chi connectivity index (χ1) is 7.42. The fourth-order valence-corrected chi connectivity index (χ4v) is 2.15. The van der Waals surface area contributed by atoms with E-state index in [-0.39, 0.29) is 5.54 Å². The van der Waals surface area contributed by atoms with Crippen molar-refractivity contribution in [1.82, 2.24) is 0 Å². The molecule has 0 aliphatic carbocycles. The van der Waals surface area contributed by atoms with Gasteiger partial charge in [-0.15, -0.1) is 0 Å². The SMILES string of the molecule is CCC(C)(C)N(C)c1ccc(CBr)cc1Cl. The lowest BCUT2D eigenvalue weighted by Crippen LogP contribution is -2.40. The molecular weight excluding hydrogens is 286 g/mol. The third-order valence-corrected chi connectivity index (χ3v) is 4.25.